The first-order valence-corrected chi connectivity index (χ1v) is 7.73. The smallest absolute Gasteiger partial charge is 0.127 e. The summed E-state index contributed by atoms with van der Waals surface area (Å²) in [4.78, 5) is 0. The van der Waals surface area contributed by atoms with Crippen LogP contribution in [0.4, 0.5) is 4.39 Å². The Morgan fingerprint density at radius 1 is 1.45 bits per heavy atom. The van der Waals surface area contributed by atoms with Crippen molar-refractivity contribution in [3.63, 3.8) is 0 Å². The van der Waals surface area contributed by atoms with Gasteiger partial charge in [0, 0.05) is 17.7 Å². The number of benzene rings is 1. The number of likely N-dealkylation sites (N-methyl/N-ethyl adjacent to an activating group) is 1. The second kappa shape index (κ2) is 7.39. The summed E-state index contributed by atoms with van der Waals surface area (Å²) in [5.41, 5.74) is 0.731. The minimum Gasteiger partial charge on any atom is -0.378 e. The molecule has 1 fully saturated rings. The average Bonchev–Trinajstić information content (AvgIpc) is 2.37. The molecule has 1 saturated carbocycles. The van der Waals surface area contributed by atoms with Crippen molar-refractivity contribution in [3.8, 4) is 0 Å². The summed E-state index contributed by atoms with van der Waals surface area (Å²) in [7, 11) is 1.94. The van der Waals surface area contributed by atoms with E-state index in [9.17, 15) is 4.39 Å². The first kappa shape index (κ1) is 15.7. The Labute approximate surface area is 125 Å². The van der Waals surface area contributed by atoms with Gasteiger partial charge in [0.05, 0.1) is 6.10 Å². The zero-order valence-electron chi connectivity index (χ0n) is 12.2. The molecule has 0 aliphatic heterocycles. The molecule has 1 N–H and O–H groups in total. The van der Waals surface area contributed by atoms with Crippen LogP contribution in [0.2, 0.25) is 5.02 Å². The lowest BCUT2D eigenvalue weighted by Crippen LogP contribution is -2.38. The van der Waals surface area contributed by atoms with E-state index < -0.39 is 0 Å². The number of rotatable bonds is 7. The van der Waals surface area contributed by atoms with Crippen LogP contribution in [-0.4, -0.2) is 25.8 Å². The van der Waals surface area contributed by atoms with E-state index >= 15 is 0 Å². The molecule has 1 atom stereocenters. The third-order valence-electron chi connectivity index (χ3n) is 4.10. The number of hydrogen-bond acceptors (Lipinski definition) is 2. The quantitative estimate of drug-likeness (QED) is 0.826. The molecule has 1 aliphatic carbocycles. The molecular formula is C16H23ClFNO. The predicted octanol–water partition coefficient (Wildman–Crippen LogP) is 3.81. The maximum Gasteiger partial charge on any atom is 0.127 e. The molecule has 0 spiro atoms. The van der Waals surface area contributed by atoms with Crippen molar-refractivity contribution < 1.29 is 9.13 Å². The van der Waals surface area contributed by atoms with Crippen molar-refractivity contribution in [2.24, 2.45) is 5.92 Å². The molecule has 1 aliphatic rings. The second-order valence-corrected chi connectivity index (χ2v) is 6.01. The van der Waals surface area contributed by atoms with Gasteiger partial charge in [0.25, 0.3) is 0 Å². The highest BCUT2D eigenvalue weighted by Gasteiger charge is 2.31. The lowest BCUT2D eigenvalue weighted by molar-refractivity contribution is -0.0288. The fourth-order valence-electron chi connectivity index (χ4n) is 2.90. The SMILES string of the molecule is CCOC1CC(CC(Cc2ccc(Cl)cc2F)NC)C1. The minimum absolute atomic E-state index is 0.210. The van der Waals surface area contributed by atoms with E-state index in [4.69, 9.17) is 16.3 Å². The normalized spacial score (nSPS) is 23.4. The summed E-state index contributed by atoms with van der Waals surface area (Å²) in [6.45, 7) is 2.83. The third kappa shape index (κ3) is 4.18. The van der Waals surface area contributed by atoms with E-state index in [1.807, 2.05) is 14.0 Å². The van der Waals surface area contributed by atoms with E-state index in [-0.39, 0.29) is 5.82 Å². The highest BCUT2D eigenvalue weighted by molar-refractivity contribution is 6.30. The third-order valence-corrected chi connectivity index (χ3v) is 4.34. The Morgan fingerprint density at radius 3 is 2.80 bits per heavy atom. The summed E-state index contributed by atoms with van der Waals surface area (Å²) >= 11 is 5.78. The van der Waals surface area contributed by atoms with Gasteiger partial charge in [-0.15, -0.1) is 0 Å². The van der Waals surface area contributed by atoms with Crippen LogP contribution in [0.15, 0.2) is 18.2 Å². The molecule has 0 heterocycles. The number of ether oxygens (including phenoxy) is 1. The Balaban J connectivity index is 1.84. The fourth-order valence-corrected chi connectivity index (χ4v) is 3.06. The van der Waals surface area contributed by atoms with Crippen LogP contribution in [0.3, 0.4) is 0 Å². The summed E-state index contributed by atoms with van der Waals surface area (Å²) in [5.74, 6) is 0.484. The number of halogens is 2. The van der Waals surface area contributed by atoms with Crippen molar-refractivity contribution in [1.82, 2.24) is 5.32 Å². The first-order chi connectivity index (χ1) is 9.62. The lowest BCUT2D eigenvalue weighted by Gasteiger charge is -2.37. The molecule has 1 unspecified atom stereocenters. The topological polar surface area (TPSA) is 21.3 Å². The largest absolute Gasteiger partial charge is 0.378 e. The monoisotopic (exact) mass is 299 g/mol. The molecule has 1 aromatic carbocycles. The van der Waals surface area contributed by atoms with Gasteiger partial charge in [0.2, 0.25) is 0 Å². The molecular weight excluding hydrogens is 277 g/mol. The van der Waals surface area contributed by atoms with E-state index in [0.29, 0.717) is 29.5 Å². The molecule has 0 amide bonds. The second-order valence-electron chi connectivity index (χ2n) is 5.58. The van der Waals surface area contributed by atoms with Gasteiger partial charge in [-0.05, 0) is 63.3 Å². The van der Waals surface area contributed by atoms with Gasteiger partial charge in [-0.2, -0.15) is 0 Å². The maximum absolute atomic E-state index is 13.8. The van der Waals surface area contributed by atoms with Gasteiger partial charge in [0.1, 0.15) is 5.82 Å². The van der Waals surface area contributed by atoms with Crippen molar-refractivity contribution in [3.05, 3.63) is 34.6 Å². The van der Waals surface area contributed by atoms with Crippen LogP contribution in [0.25, 0.3) is 0 Å². The molecule has 20 heavy (non-hydrogen) atoms. The van der Waals surface area contributed by atoms with Gasteiger partial charge in [-0.25, -0.2) is 4.39 Å². The summed E-state index contributed by atoms with van der Waals surface area (Å²) in [6, 6.07) is 5.23. The molecule has 2 nitrogen and oxygen atoms in total. The van der Waals surface area contributed by atoms with Crippen molar-refractivity contribution in [2.45, 2.75) is 44.8 Å². The zero-order chi connectivity index (χ0) is 14.5. The molecule has 0 saturated heterocycles. The highest BCUT2D eigenvalue weighted by atomic mass is 35.5. The Bertz CT molecular complexity index is 434. The molecule has 0 bridgehead atoms. The Kier molecular flexibility index (Phi) is 5.82. The molecule has 0 radical (unpaired) electrons. The Hall–Kier alpha value is -0.640. The maximum atomic E-state index is 13.8. The zero-order valence-corrected chi connectivity index (χ0v) is 12.9. The van der Waals surface area contributed by atoms with Gasteiger partial charge in [-0.1, -0.05) is 17.7 Å². The highest BCUT2D eigenvalue weighted by Crippen LogP contribution is 2.34. The number of hydrogen-bond donors (Lipinski definition) is 1. The van der Waals surface area contributed by atoms with Crippen LogP contribution < -0.4 is 5.32 Å². The summed E-state index contributed by atoms with van der Waals surface area (Å²) in [5, 5.41) is 3.75. The predicted molar refractivity (Wildman–Crippen MR) is 80.7 cm³/mol. The van der Waals surface area contributed by atoms with Crippen LogP contribution in [0.5, 0.6) is 0 Å². The molecule has 0 aromatic heterocycles. The van der Waals surface area contributed by atoms with E-state index in [2.05, 4.69) is 5.32 Å². The molecule has 4 heteroatoms. The van der Waals surface area contributed by atoms with Gasteiger partial charge < -0.3 is 10.1 Å². The van der Waals surface area contributed by atoms with E-state index in [1.165, 1.54) is 6.07 Å². The van der Waals surface area contributed by atoms with Crippen LogP contribution >= 0.6 is 11.6 Å². The number of nitrogens with one attached hydrogen (secondary N) is 1. The summed E-state index contributed by atoms with van der Waals surface area (Å²) in [6.07, 6.45) is 4.48. The van der Waals surface area contributed by atoms with Gasteiger partial charge in [-0.3, -0.25) is 0 Å². The molecule has 112 valence electrons. The lowest BCUT2D eigenvalue weighted by atomic mass is 9.77. The van der Waals surface area contributed by atoms with Gasteiger partial charge >= 0.3 is 0 Å². The standard InChI is InChI=1S/C16H23ClFNO/c1-3-20-15-7-11(8-15)6-14(19-2)9-12-4-5-13(17)10-16(12)18/h4-5,10-11,14-15,19H,3,6-9H2,1-2H3. The van der Waals surface area contributed by atoms with Crippen LogP contribution in [0, 0.1) is 11.7 Å². The van der Waals surface area contributed by atoms with E-state index in [0.717, 1.165) is 31.4 Å². The van der Waals surface area contributed by atoms with Crippen LogP contribution in [0.1, 0.15) is 31.7 Å². The van der Waals surface area contributed by atoms with Crippen molar-refractivity contribution >= 4 is 11.6 Å². The van der Waals surface area contributed by atoms with Gasteiger partial charge in [0.15, 0.2) is 0 Å². The van der Waals surface area contributed by atoms with Crippen molar-refractivity contribution in [2.75, 3.05) is 13.7 Å². The Morgan fingerprint density at radius 2 is 2.20 bits per heavy atom. The van der Waals surface area contributed by atoms with Crippen LogP contribution in [-0.2, 0) is 11.2 Å². The summed E-state index contributed by atoms with van der Waals surface area (Å²) < 4.78 is 19.4. The minimum atomic E-state index is -0.210. The fraction of sp³-hybridized carbons (Fsp3) is 0.625. The first-order valence-electron chi connectivity index (χ1n) is 7.35. The molecule has 1 aromatic rings. The van der Waals surface area contributed by atoms with E-state index in [1.54, 1.807) is 12.1 Å². The van der Waals surface area contributed by atoms with Crippen molar-refractivity contribution in [1.29, 1.82) is 0 Å². The average molecular weight is 300 g/mol. The molecule has 2 rings (SSSR count).